The molecule has 0 atom stereocenters. The molecule has 84 valence electrons. The molecule has 0 aliphatic rings. The van der Waals surface area contributed by atoms with Crippen molar-refractivity contribution in [2.45, 2.75) is 26.1 Å². The van der Waals surface area contributed by atoms with Crippen LogP contribution in [0.2, 0.25) is 5.02 Å². The van der Waals surface area contributed by atoms with Crippen LogP contribution in [-0.2, 0) is 12.3 Å². The van der Waals surface area contributed by atoms with Gasteiger partial charge in [-0.3, -0.25) is 4.68 Å². The van der Waals surface area contributed by atoms with Crippen molar-refractivity contribution < 1.29 is 0 Å². The number of aryl methyl sites for hydroxylation is 2. The first-order valence-electron chi connectivity index (χ1n) is 4.48. The highest BCUT2D eigenvalue weighted by atomic mass is 35.5. The topological polar surface area (TPSA) is 82.2 Å². The third-order valence-corrected chi connectivity index (χ3v) is 3.25. The van der Waals surface area contributed by atoms with Crippen molar-refractivity contribution in [1.29, 1.82) is 0 Å². The Morgan fingerprint density at radius 2 is 2.33 bits per heavy atom. The van der Waals surface area contributed by atoms with Crippen molar-refractivity contribution in [1.82, 2.24) is 9.78 Å². The summed E-state index contributed by atoms with van der Waals surface area (Å²) in [5.74, 6) is 5.66. The summed E-state index contributed by atoms with van der Waals surface area (Å²) in [5.41, 5.74) is 7.27. The third-order valence-electron chi connectivity index (χ3n) is 1.94. The minimum atomic E-state index is 0.340. The molecule has 7 heteroatoms. The minimum Gasteiger partial charge on any atom is -0.377 e. The van der Waals surface area contributed by atoms with E-state index in [0.29, 0.717) is 15.9 Å². The van der Waals surface area contributed by atoms with Crippen molar-refractivity contribution >= 4 is 28.5 Å². The number of thioether (sulfide) groups is 1. The maximum Gasteiger partial charge on any atom is 0.177 e. The predicted octanol–water partition coefficient (Wildman–Crippen LogP) is 1.29. The normalized spacial score (nSPS) is 12.1. The van der Waals surface area contributed by atoms with Crippen molar-refractivity contribution in [3.63, 3.8) is 0 Å². The number of hydrogen-bond acceptors (Lipinski definition) is 4. The van der Waals surface area contributed by atoms with Gasteiger partial charge in [0.05, 0.1) is 16.4 Å². The number of rotatable bonds is 3. The van der Waals surface area contributed by atoms with Crippen LogP contribution in [0.3, 0.4) is 0 Å². The highest BCUT2D eigenvalue weighted by Gasteiger charge is 2.12. The molecule has 0 radical (unpaired) electrons. The van der Waals surface area contributed by atoms with Gasteiger partial charge in [-0.05, 0) is 13.8 Å². The van der Waals surface area contributed by atoms with Crippen LogP contribution in [0.15, 0.2) is 5.10 Å². The van der Waals surface area contributed by atoms with Gasteiger partial charge in [0, 0.05) is 12.3 Å². The Bertz CT molecular complexity index is 373. The second-order valence-corrected chi connectivity index (χ2v) is 4.29. The van der Waals surface area contributed by atoms with E-state index in [9.17, 15) is 0 Å². The molecule has 1 aromatic rings. The van der Waals surface area contributed by atoms with E-state index in [1.807, 2.05) is 18.5 Å². The standard InChI is InChI=1S/C8H14ClN5S/c1-3-14-6(4-15-8(10)12-11)7(9)5(2)13-14/h3-4,11H2,1-2H3,(H2,10,12). The first-order chi connectivity index (χ1) is 7.10. The summed E-state index contributed by atoms with van der Waals surface area (Å²) < 4.78 is 1.86. The van der Waals surface area contributed by atoms with Crippen LogP contribution in [0.25, 0.3) is 0 Å². The number of hydrogen-bond donors (Lipinski definition) is 2. The average Bonchev–Trinajstić information content (AvgIpc) is 2.52. The van der Waals surface area contributed by atoms with Crippen LogP contribution in [-0.4, -0.2) is 14.9 Å². The van der Waals surface area contributed by atoms with Gasteiger partial charge in [0.15, 0.2) is 5.17 Å². The molecule has 1 heterocycles. The fourth-order valence-corrected chi connectivity index (χ4v) is 2.12. The van der Waals surface area contributed by atoms with Crippen LogP contribution in [0.4, 0.5) is 0 Å². The molecule has 4 N–H and O–H groups in total. The molecule has 1 aromatic heterocycles. The third kappa shape index (κ3) is 2.79. The Labute approximate surface area is 97.8 Å². The van der Waals surface area contributed by atoms with E-state index in [-0.39, 0.29) is 0 Å². The Hall–Kier alpha value is -0.880. The summed E-state index contributed by atoms with van der Waals surface area (Å²) in [4.78, 5) is 0. The van der Waals surface area contributed by atoms with Crippen LogP contribution < -0.4 is 11.6 Å². The Balaban J connectivity index is 2.83. The molecule has 0 amide bonds. The molecule has 0 saturated heterocycles. The van der Waals surface area contributed by atoms with E-state index in [2.05, 4.69) is 10.2 Å². The smallest absolute Gasteiger partial charge is 0.177 e. The van der Waals surface area contributed by atoms with Crippen LogP contribution in [0, 0.1) is 6.92 Å². The fourth-order valence-electron chi connectivity index (χ4n) is 1.19. The molecular formula is C8H14ClN5S. The number of hydrazone groups is 1. The molecule has 5 nitrogen and oxygen atoms in total. The lowest BCUT2D eigenvalue weighted by Gasteiger charge is -2.04. The number of nitrogens with zero attached hydrogens (tertiary/aromatic N) is 3. The lowest BCUT2D eigenvalue weighted by molar-refractivity contribution is 0.632. The Morgan fingerprint density at radius 3 is 2.87 bits per heavy atom. The van der Waals surface area contributed by atoms with Gasteiger partial charge >= 0.3 is 0 Å². The van der Waals surface area contributed by atoms with Gasteiger partial charge < -0.3 is 11.6 Å². The van der Waals surface area contributed by atoms with Gasteiger partial charge in [0.1, 0.15) is 0 Å². The molecular weight excluding hydrogens is 234 g/mol. The Morgan fingerprint density at radius 1 is 1.67 bits per heavy atom. The predicted molar refractivity (Wildman–Crippen MR) is 64.8 cm³/mol. The summed E-state index contributed by atoms with van der Waals surface area (Å²) >= 11 is 7.45. The van der Waals surface area contributed by atoms with Crippen LogP contribution in [0.5, 0.6) is 0 Å². The van der Waals surface area contributed by atoms with E-state index < -0.39 is 0 Å². The highest BCUT2D eigenvalue weighted by molar-refractivity contribution is 8.13. The van der Waals surface area contributed by atoms with Crippen molar-refractivity contribution in [3.8, 4) is 0 Å². The van der Waals surface area contributed by atoms with Crippen LogP contribution >= 0.6 is 23.4 Å². The molecule has 0 saturated carbocycles. The summed E-state index contributed by atoms with van der Waals surface area (Å²) in [6, 6.07) is 0. The highest BCUT2D eigenvalue weighted by Crippen LogP contribution is 2.24. The lowest BCUT2D eigenvalue weighted by atomic mass is 10.4. The summed E-state index contributed by atoms with van der Waals surface area (Å²) in [5, 5.41) is 8.70. The molecule has 0 aliphatic heterocycles. The molecule has 0 aromatic carbocycles. The monoisotopic (exact) mass is 247 g/mol. The zero-order chi connectivity index (χ0) is 11.4. The van der Waals surface area contributed by atoms with Crippen molar-refractivity contribution in [3.05, 3.63) is 16.4 Å². The number of aromatic nitrogens is 2. The number of amidine groups is 1. The summed E-state index contributed by atoms with van der Waals surface area (Å²) in [6.45, 7) is 4.67. The zero-order valence-corrected chi connectivity index (χ0v) is 10.3. The van der Waals surface area contributed by atoms with Crippen molar-refractivity contribution in [2.24, 2.45) is 16.7 Å². The van der Waals surface area contributed by atoms with Gasteiger partial charge in [0.25, 0.3) is 0 Å². The average molecular weight is 248 g/mol. The largest absolute Gasteiger partial charge is 0.377 e. The first-order valence-corrected chi connectivity index (χ1v) is 5.84. The zero-order valence-electron chi connectivity index (χ0n) is 8.70. The van der Waals surface area contributed by atoms with E-state index >= 15 is 0 Å². The second-order valence-electron chi connectivity index (χ2n) is 2.92. The SMILES string of the molecule is CCn1nc(C)c(Cl)c1CSC(N)=NN. The van der Waals surface area contributed by atoms with Gasteiger partial charge in [-0.2, -0.15) is 10.2 Å². The first kappa shape index (κ1) is 12.2. The Kier molecular flexibility index (Phi) is 4.28. The van der Waals surface area contributed by atoms with Crippen molar-refractivity contribution in [2.75, 3.05) is 0 Å². The molecule has 0 spiro atoms. The van der Waals surface area contributed by atoms with Crippen LogP contribution in [0.1, 0.15) is 18.3 Å². The molecule has 0 aliphatic carbocycles. The van der Waals surface area contributed by atoms with E-state index in [1.165, 1.54) is 11.8 Å². The molecule has 15 heavy (non-hydrogen) atoms. The minimum absolute atomic E-state index is 0.340. The molecule has 0 unspecified atom stereocenters. The van der Waals surface area contributed by atoms with Gasteiger partial charge in [-0.15, -0.1) is 0 Å². The van der Waals surface area contributed by atoms with Gasteiger partial charge in [-0.1, -0.05) is 23.4 Å². The lowest BCUT2D eigenvalue weighted by Crippen LogP contribution is -2.10. The second kappa shape index (κ2) is 5.27. The molecule has 0 fully saturated rings. The summed E-state index contributed by atoms with van der Waals surface area (Å²) in [6.07, 6.45) is 0. The maximum absolute atomic E-state index is 6.11. The van der Waals surface area contributed by atoms with E-state index in [0.717, 1.165) is 17.9 Å². The van der Waals surface area contributed by atoms with E-state index in [1.54, 1.807) is 0 Å². The number of halogens is 1. The number of nitrogens with two attached hydrogens (primary N) is 2. The molecule has 0 bridgehead atoms. The molecule has 1 rings (SSSR count). The van der Waals surface area contributed by atoms with Gasteiger partial charge in [0.2, 0.25) is 0 Å². The quantitative estimate of drug-likeness (QED) is 0.365. The van der Waals surface area contributed by atoms with E-state index in [4.69, 9.17) is 23.2 Å². The summed E-state index contributed by atoms with van der Waals surface area (Å²) in [7, 11) is 0. The fraction of sp³-hybridized carbons (Fsp3) is 0.500. The maximum atomic E-state index is 6.11. The van der Waals surface area contributed by atoms with Gasteiger partial charge in [-0.25, -0.2) is 0 Å².